The van der Waals surface area contributed by atoms with Gasteiger partial charge < -0.3 is 14.7 Å². The molecule has 1 aromatic rings. The summed E-state index contributed by atoms with van der Waals surface area (Å²) >= 11 is 0. The Morgan fingerprint density at radius 1 is 1.48 bits per heavy atom. The van der Waals surface area contributed by atoms with Gasteiger partial charge >= 0.3 is 6.03 Å². The first-order valence-electron chi connectivity index (χ1n) is 6.85. The molecule has 2 saturated heterocycles. The molecule has 1 spiro atoms. The predicted molar refractivity (Wildman–Crippen MR) is 70.5 cm³/mol. The van der Waals surface area contributed by atoms with Crippen molar-refractivity contribution in [2.75, 3.05) is 13.1 Å². The highest BCUT2D eigenvalue weighted by Gasteiger charge is 2.52. The van der Waals surface area contributed by atoms with Crippen LogP contribution in [0.15, 0.2) is 4.52 Å². The van der Waals surface area contributed by atoms with Gasteiger partial charge in [0.15, 0.2) is 0 Å². The minimum absolute atomic E-state index is 0.164. The van der Waals surface area contributed by atoms with Gasteiger partial charge in [-0.05, 0) is 19.8 Å². The number of rotatable bonds is 2. The van der Waals surface area contributed by atoms with E-state index < -0.39 is 11.6 Å². The number of nitrogens with zero attached hydrogens (tertiary/aromatic N) is 2. The Kier molecular flexibility index (Phi) is 2.96. The smallest absolute Gasteiger partial charge is 0.322 e. The summed E-state index contributed by atoms with van der Waals surface area (Å²) in [6.07, 6.45) is 0.997. The van der Waals surface area contributed by atoms with Crippen molar-refractivity contribution in [2.45, 2.75) is 32.2 Å². The fourth-order valence-electron chi connectivity index (χ4n) is 2.89. The number of urea groups is 1. The molecule has 1 aromatic heterocycles. The summed E-state index contributed by atoms with van der Waals surface area (Å²) in [6, 6.07) is -0.510. The number of carbonyl (C=O) groups excluding carboxylic acids is 3. The number of aryl methyl sites for hydroxylation is 2. The SMILES string of the molecule is CCc1noc(C)c1C(=O)N1CCC2(C1)NC(=O)NC2=O. The Morgan fingerprint density at radius 3 is 2.86 bits per heavy atom. The van der Waals surface area contributed by atoms with E-state index in [-0.39, 0.29) is 18.4 Å². The van der Waals surface area contributed by atoms with Crippen molar-refractivity contribution in [1.29, 1.82) is 0 Å². The van der Waals surface area contributed by atoms with E-state index in [1.54, 1.807) is 11.8 Å². The van der Waals surface area contributed by atoms with E-state index in [1.165, 1.54) is 0 Å². The van der Waals surface area contributed by atoms with Crippen LogP contribution >= 0.6 is 0 Å². The van der Waals surface area contributed by atoms with Gasteiger partial charge in [-0.3, -0.25) is 14.9 Å². The van der Waals surface area contributed by atoms with Gasteiger partial charge in [-0.25, -0.2) is 4.79 Å². The zero-order valence-electron chi connectivity index (χ0n) is 11.9. The summed E-state index contributed by atoms with van der Waals surface area (Å²) in [4.78, 5) is 37.4. The molecule has 0 aromatic carbocycles. The second-order valence-electron chi connectivity index (χ2n) is 5.38. The summed E-state index contributed by atoms with van der Waals surface area (Å²) in [5, 5.41) is 8.71. The Bertz CT molecular complexity index is 638. The zero-order valence-corrected chi connectivity index (χ0v) is 11.9. The van der Waals surface area contributed by atoms with Crippen LogP contribution < -0.4 is 10.6 Å². The number of likely N-dealkylation sites (tertiary alicyclic amines) is 1. The Labute approximate surface area is 120 Å². The number of carbonyl (C=O) groups is 3. The topological polar surface area (TPSA) is 105 Å². The second-order valence-corrected chi connectivity index (χ2v) is 5.38. The lowest BCUT2D eigenvalue weighted by Gasteiger charge is -2.21. The Balaban J connectivity index is 1.83. The number of hydrogen-bond acceptors (Lipinski definition) is 5. The van der Waals surface area contributed by atoms with Crippen molar-refractivity contribution in [2.24, 2.45) is 0 Å². The maximum Gasteiger partial charge on any atom is 0.322 e. The zero-order chi connectivity index (χ0) is 15.2. The molecule has 8 nitrogen and oxygen atoms in total. The minimum atomic E-state index is -0.996. The molecule has 4 amide bonds. The lowest BCUT2D eigenvalue weighted by molar-refractivity contribution is -0.123. The molecule has 0 saturated carbocycles. The molecular weight excluding hydrogens is 276 g/mol. The average molecular weight is 292 g/mol. The third-order valence-corrected chi connectivity index (χ3v) is 4.05. The van der Waals surface area contributed by atoms with Gasteiger partial charge in [0.25, 0.3) is 11.8 Å². The van der Waals surface area contributed by atoms with Gasteiger partial charge in [0.1, 0.15) is 16.9 Å². The van der Waals surface area contributed by atoms with Gasteiger partial charge in [0, 0.05) is 6.54 Å². The van der Waals surface area contributed by atoms with Crippen LogP contribution in [0.2, 0.25) is 0 Å². The Morgan fingerprint density at radius 2 is 2.24 bits per heavy atom. The van der Waals surface area contributed by atoms with Gasteiger partial charge in [-0.15, -0.1) is 0 Å². The molecular formula is C13H16N4O4. The van der Waals surface area contributed by atoms with Crippen LogP contribution in [0.5, 0.6) is 0 Å². The van der Waals surface area contributed by atoms with Crippen LogP contribution in [-0.2, 0) is 11.2 Å². The first-order valence-corrected chi connectivity index (χ1v) is 6.85. The molecule has 2 aliphatic rings. The van der Waals surface area contributed by atoms with E-state index in [0.717, 1.165) is 0 Å². The van der Waals surface area contributed by atoms with Crippen LogP contribution in [0.3, 0.4) is 0 Å². The van der Waals surface area contributed by atoms with Crippen molar-refractivity contribution in [3.8, 4) is 0 Å². The molecule has 1 atom stereocenters. The van der Waals surface area contributed by atoms with Gasteiger partial charge in [-0.2, -0.15) is 0 Å². The fraction of sp³-hybridized carbons (Fsp3) is 0.538. The third-order valence-electron chi connectivity index (χ3n) is 4.05. The molecule has 0 radical (unpaired) electrons. The summed E-state index contributed by atoms with van der Waals surface area (Å²) in [5.74, 6) is -0.116. The Hall–Kier alpha value is -2.38. The van der Waals surface area contributed by atoms with E-state index >= 15 is 0 Å². The largest absolute Gasteiger partial charge is 0.361 e. The highest BCUT2D eigenvalue weighted by atomic mass is 16.5. The van der Waals surface area contributed by atoms with Crippen LogP contribution in [-0.4, -0.2) is 46.5 Å². The monoisotopic (exact) mass is 292 g/mol. The average Bonchev–Trinajstić information content (AvgIpc) is 3.09. The summed E-state index contributed by atoms with van der Waals surface area (Å²) in [7, 11) is 0. The molecule has 1 unspecified atom stereocenters. The molecule has 2 fully saturated rings. The van der Waals surface area contributed by atoms with Crippen LogP contribution in [0.4, 0.5) is 4.79 Å². The van der Waals surface area contributed by atoms with E-state index in [1.807, 2.05) is 6.92 Å². The van der Waals surface area contributed by atoms with Crippen molar-refractivity contribution < 1.29 is 18.9 Å². The number of hydrogen-bond donors (Lipinski definition) is 2. The van der Waals surface area contributed by atoms with Crippen molar-refractivity contribution in [3.05, 3.63) is 17.0 Å². The van der Waals surface area contributed by atoms with Gasteiger partial charge in [0.2, 0.25) is 0 Å². The maximum absolute atomic E-state index is 12.6. The van der Waals surface area contributed by atoms with Crippen LogP contribution in [0.1, 0.15) is 35.2 Å². The van der Waals surface area contributed by atoms with E-state index in [2.05, 4.69) is 15.8 Å². The first kappa shape index (κ1) is 13.6. The second kappa shape index (κ2) is 4.57. The lowest BCUT2D eigenvalue weighted by Crippen LogP contribution is -2.49. The summed E-state index contributed by atoms with van der Waals surface area (Å²) < 4.78 is 5.08. The molecule has 0 aliphatic carbocycles. The van der Waals surface area contributed by atoms with E-state index in [9.17, 15) is 14.4 Å². The number of aromatic nitrogens is 1. The third kappa shape index (κ3) is 1.98. The highest BCUT2D eigenvalue weighted by Crippen LogP contribution is 2.27. The lowest BCUT2D eigenvalue weighted by atomic mass is 9.99. The molecule has 3 rings (SSSR count). The van der Waals surface area contributed by atoms with Gasteiger partial charge in [0.05, 0.1) is 12.2 Å². The molecule has 0 bridgehead atoms. The predicted octanol–water partition coefficient (Wildman–Crippen LogP) is -0.0305. The van der Waals surface area contributed by atoms with Crippen molar-refractivity contribution in [1.82, 2.24) is 20.7 Å². The molecule has 2 aliphatic heterocycles. The molecule has 112 valence electrons. The van der Waals surface area contributed by atoms with Crippen molar-refractivity contribution in [3.63, 3.8) is 0 Å². The van der Waals surface area contributed by atoms with Crippen LogP contribution in [0.25, 0.3) is 0 Å². The summed E-state index contributed by atoms with van der Waals surface area (Å²) in [6.45, 7) is 4.15. The molecule has 3 heterocycles. The van der Waals surface area contributed by atoms with E-state index in [4.69, 9.17) is 4.52 Å². The number of imide groups is 1. The molecule has 2 N–H and O–H groups in total. The molecule has 21 heavy (non-hydrogen) atoms. The summed E-state index contributed by atoms with van der Waals surface area (Å²) in [5.41, 5.74) is 0.0714. The minimum Gasteiger partial charge on any atom is -0.361 e. The maximum atomic E-state index is 12.6. The highest BCUT2D eigenvalue weighted by molar-refractivity contribution is 6.08. The van der Waals surface area contributed by atoms with Gasteiger partial charge in [-0.1, -0.05) is 12.1 Å². The van der Waals surface area contributed by atoms with Crippen LogP contribution in [0, 0.1) is 6.92 Å². The number of nitrogens with one attached hydrogen (secondary N) is 2. The quantitative estimate of drug-likeness (QED) is 0.745. The first-order chi connectivity index (χ1) is 9.97. The molecule has 8 heteroatoms. The van der Waals surface area contributed by atoms with E-state index in [0.29, 0.717) is 36.4 Å². The fourth-order valence-corrected chi connectivity index (χ4v) is 2.89. The van der Waals surface area contributed by atoms with Crippen molar-refractivity contribution >= 4 is 17.8 Å². The number of amides is 4. The normalized spacial score (nSPS) is 24.6. The standard InChI is InChI=1S/C13H16N4O4/c1-3-8-9(7(2)21-16-8)10(18)17-5-4-13(6-17)11(19)14-12(20)15-13/h3-6H2,1-2H3,(H2,14,15,19,20).